The quantitative estimate of drug-likeness (QED) is 0.181. The molecule has 35 heavy (non-hydrogen) atoms. The number of hydrogen-bond donors (Lipinski definition) is 2. The molecule has 8 heteroatoms. The molecule has 0 amide bonds. The van der Waals surface area contributed by atoms with Gasteiger partial charge in [-0.3, -0.25) is 0 Å². The maximum Gasteiger partial charge on any atom is 0.340 e. The van der Waals surface area contributed by atoms with Crippen molar-refractivity contribution >= 4 is 10.9 Å². The van der Waals surface area contributed by atoms with E-state index in [2.05, 4.69) is 10.3 Å². The SMILES string of the molecule is FC(F)C(F)(F)COc1cccc(CNCCc2c[nH]c3cc(OCc4ccccc4)ccc23)c1. The Balaban J connectivity index is 1.26. The number of benzene rings is 3. The summed E-state index contributed by atoms with van der Waals surface area (Å²) in [5, 5.41) is 4.43. The van der Waals surface area contributed by atoms with Crippen molar-refractivity contribution < 1.29 is 27.0 Å². The number of aromatic nitrogens is 1. The molecule has 0 atom stereocenters. The average Bonchev–Trinajstić information content (AvgIpc) is 3.27. The highest BCUT2D eigenvalue weighted by atomic mass is 19.3. The van der Waals surface area contributed by atoms with E-state index in [-0.39, 0.29) is 5.75 Å². The summed E-state index contributed by atoms with van der Waals surface area (Å²) in [6.07, 6.45) is -1.00. The van der Waals surface area contributed by atoms with Crippen LogP contribution < -0.4 is 14.8 Å². The highest BCUT2D eigenvalue weighted by molar-refractivity contribution is 5.84. The van der Waals surface area contributed by atoms with E-state index in [1.165, 1.54) is 6.07 Å². The number of nitrogens with one attached hydrogen (secondary N) is 2. The zero-order chi connectivity index (χ0) is 24.7. The second-order valence-electron chi connectivity index (χ2n) is 8.22. The molecule has 0 radical (unpaired) electrons. The second kappa shape index (κ2) is 11.3. The minimum atomic E-state index is -4.18. The van der Waals surface area contributed by atoms with Crippen LogP contribution in [0.4, 0.5) is 17.6 Å². The summed E-state index contributed by atoms with van der Waals surface area (Å²) in [5.74, 6) is -3.25. The van der Waals surface area contributed by atoms with E-state index in [1.807, 2.05) is 60.8 Å². The first-order chi connectivity index (χ1) is 16.9. The number of ether oxygens (including phenoxy) is 2. The molecule has 4 nitrogen and oxygen atoms in total. The van der Waals surface area contributed by atoms with Gasteiger partial charge in [-0.15, -0.1) is 0 Å². The van der Waals surface area contributed by atoms with Crippen LogP contribution in [-0.4, -0.2) is 30.5 Å². The number of aromatic amines is 1. The molecule has 0 saturated carbocycles. The normalized spacial score (nSPS) is 11.8. The topological polar surface area (TPSA) is 46.3 Å². The monoisotopic (exact) mass is 486 g/mol. The summed E-state index contributed by atoms with van der Waals surface area (Å²) in [5.41, 5.74) is 4.07. The van der Waals surface area contributed by atoms with Gasteiger partial charge in [-0.2, -0.15) is 8.78 Å². The number of fused-ring (bicyclic) bond motifs is 1. The molecule has 1 aromatic heterocycles. The summed E-state index contributed by atoms with van der Waals surface area (Å²) < 4.78 is 61.4. The van der Waals surface area contributed by atoms with Crippen LogP contribution in [0.3, 0.4) is 0 Å². The van der Waals surface area contributed by atoms with Crippen LogP contribution in [0, 0.1) is 0 Å². The van der Waals surface area contributed by atoms with Gasteiger partial charge in [-0.25, -0.2) is 8.78 Å². The Morgan fingerprint density at radius 2 is 1.63 bits per heavy atom. The maximum absolute atomic E-state index is 13.1. The fourth-order valence-corrected chi connectivity index (χ4v) is 3.65. The summed E-state index contributed by atoms with van der Waals surface area (Å²) in [6, 6.07) is 22.4. The Morgan fingerprint density at radius 1 is 0.857 bits per heavy atom. The van der Waals surface area contributed by atoms with Crippen molar-refractivity contribution in [3.05, 3.63) is 95.7 Å². The minimum Gasteiger partial charge on any atom is -0.489 e. The van der Waals surface area contributed by atoms with Gasteiger partial charge in [0.1, 0.15) is 18.1 Å². The molecule has 4 aromatic rings. The summed E-state index contributed by atoms with van der Waals surface area (Å²) in [4.78, 5) is 3.29. The zero-order valence-electron chi connectivity index (χ0n) is 18.9. The lowest BCUT2D eigenvalue weighted by atomic mass is 10.1. The Kier molecular flexibility index (Phi) is 7.92. The predicted octanol–water partition coefficient (Wildman–Crippen LogP) is 6.36. The second-order valence-corrected chi connectivity index (χ2v) is 8.22. The van der Waals surface area contributed by atoms with Gasteiger partial charge in [-0.05, 0) is 53.9 Å². The standard InChI is InChI=1S/C27H26F4N2O2/c28-26(29)27(30,31)18-35-22-8-4-7-20(13-22)15-32-12-11-21-16-33-25-14-23(9-10-24(21)25)34-17-19-5-2-1-3-6-19/h1-10,13-14,16,26,32-33H,11-12,15,17-18H2. The number of halogens is 4. The number of rotatable bonds is 12. The van der Waals surface area contributed by atoms with Crippen LogP contribution in [0.5, 0.6) is 11.5 Å². The Hall–Kier alpha value is -3.52. The van der Waals surface area contributed by atoms with Crippen molar-refractivity contribution in [2.45, 2.75) is 31.9 Å². The number of H-pyrrole nitrogens is 1. The van der Waals surface area contributed by atoms with Crippen LogP contribution in [0.15, 0.2) is 79.0 Å². The van der Waals surface area contributed by atoms with Crippen LogP contribution in [0.25, 0.3) is 10.9 Å². The third-order valence-electron chi connectivity index (χ3n) is 5.54. The average molecular weight is 487 g/mol. The third-order valence-corrected chi connectivity index (χ3v) is 5.54. The molecule has 0 fully saturated rings. The van der Waals surface area contributed by atoms with E-state index in [4.69, 9.17) is 9.47 Å². The van der Waals surface area contributed by atoms with Gasteiger partial charge in [0.15, 0.2) is 6.61 Å². The molecule has 3 aromatic carbocycles. The maximum atomic E-state index is 13.1. The highest BCUT2D eigenvalue weighted by Gasteiger charge is 2.41. The van der Waals surface area contributed by atoms with E-state index in [0.717, 1.165) is 39.8 Å². The molecule has 0 saturated heterocycles. The minimum absolute atomic E-state index is 0.131. The van der Waals surface area contributed by atoms with Crippen molar-refractivity contribution in [1.82, 2.24) is 10.3 Å². The van der Waals surface area contributed by atoms with E-state index in [1.54, 1.807) is 12.1 Å². The Bertz CT molecular complexity index is 1230. The molecule has 184 valence electrons. The molecular weight excluding hydrogens is 460 g/mol. The van der Waals surface area contributed by atoms with Crippen LogP contribution >= 0.6 is 0 Å². The van der Waals surface area contributed by atoms with E-state index >= 15 is 0 Å². The Labute approximate surface area is 200 Å². The van der Waals surface area contributed by atoms with E-state index in [9.17, 15) is 17.6 Å². The molecule has 0 unspecified atom stereocenters. The van der Waals surface area contributed by atoms with Gasteiger partial charge in [-0.1, -0.05) is 42.5 Å². The van der Waals surface area contributed by atoms with Crippen molar-refractivity contribution in [3.8, 4) is 11.5 Å². The molecule has 4 rings (SSSR count). The summed E-state index contributed by atoms with van der Waals surface area (Å²) >= 11 is 0. The molecule has 2 N–H and O–H groups in total. The lowest BCUT2D eigenvalue weighted by Gasteiger charge is -2.16. The molecule has 0 bridgehead atoms. The molecule has 0 aliphatic rings. The van der Waals surface area contributed by atoms with Gasteiger partial charge in [0.05, 0.1) is 0 Å². The van der Waals surface area contributed by atoms with Crippen molar-refractivity contribution in [2.24, 2.45) is 0 Å². The van der Waals surface area contributed by atoms with Gasteiger partial charge >= 0.3 is 12.3 Å². The smallest absolute Gasteiger partial charge is 0.340 e. The molecule has 0 aliphatic carbocycles. The fourth-order valence-electron chi connectivity index (χ4n) is 3.65. The van der Waals surface area contributed by atoms with Gasteiger partial charge in [0.25, 0.3) is 0 Å². The highest BCUT2D eigenvalue weighted by Crippen LogP contribution is 2.26. The largest absolute Gasteiger partial charge is 0.489 e. The van der Waals surface area contributed by atoms with E-state index < -0.39 is 19.0 Å². The van der Waals surface area contributed by atoms with Crippen LogP contribution in [-0.2, 0) is 19.6 Å². The summed E-state index contributed by atoms with van der Waals surface area (Å²) in [7, 11) is 0. The molecule has 0 spiro atoms. The molecule has 1 heterocycles. The first-order valence-electron chi connectivity index (χ1n) is 11.3. The Morgan fingerprint density at radius 3 is 2.43 bits per heavy atom. The predicted molar refractivity (Wildman–Crippen MR) is 127 cm³/mol. The first-order valence-corrected chi connectivity index (χ1v) is 11.3. The zero-order valence-corrected chi connectivity index (χ0v) is 18.9. The van der Waals surface area contributed by atoms with Gasteiger partial charge < -0.3 is 19.8 Å². The first kappa shape index (κ1) is 24.6. The van der Waals surface area contributed by atoms with Crippen molar-refractivity contribution in [3.63, 3.8) is 0 Å². The lowest BCUT2D eigenvalue weighted by molar-refractivity contribution is -0.148. The van der Waals surface area contributed by atoms with E-state index in [0.29, 0.717) is 19.7 Å². The number of alkyl halides is 4. The number of hydrogen-bond acceptors (Lipinski definition) is 3. The third kappa shape index (κ3) is 6.76. The van der Waals surface area contributed by atoms with Crippen LogP contribution in [0.1, 0.15) is 16.7 Å². The van der Waals surface area contributed by atoms with Crippen molar-refractivity contribution in [1.29, 1.82) is 0 Å². The summed E-state index contributed by atoms with van der Waals surface area (Å²) in [6.45, 7) is 0.321. The molecular formula is C27H26F4N2O2. The van der Waals surface area contributed by atoms with Gasteiger partial charge in [0, 0.05) is 29.7 Å². The lowest BCUT2D eigenvalue weighted by Crippen LogP contribution is -2.33. The molecule has 0 aliphatic heterocycles. The van der Waals surface area contributed by atoms with Crippen molar-refractivity contribution in [2.75, 3.05) is 13.2 Å². The fraction of sp³-hybridized carbons (Fsp3) is 0.259. The van der Waals surface area contributed by atoms with Crippen LogP contribution in [0.2, 0.25) is 0 Å². The van der Waals surface area contributed by atoms with Gasteiger partial charge in [0.2, 0.25) is 0 Å².